The highest BCUT2D eigenvalue weighted by Gasteiger charge is 2.44. The summed E-state index contributed by atoms with van der Waals surface area (Å²) in [4.78, 5) is 1.78. The number of hydrogen-bond donors (Lipinski definition) is 3. The molecular weight excluding hydrogens is 370 g/mol. The van der Waals surface area contributed by atoms with Gasteiger partial charge in [0.2, 0.25) is 10.0 Å². The van der Waals surface area contributed by atoms with E-state index in [4.69, 9.17) is 0 Å². The summed E-state index contributed by atoms with van der Waals surface area (Å²) in [6.07, 6.45) is 0. The van der Waals surface area contributed by atoms with Gasteiger partial charge in [0.25, 0.3) is 0 Å². The molecule has 5 rings (SSSR count). The van der Waals surface area contributed by atoms with Crippen molar-refractivity contribution in [2.45, 2.75) is 17.0 Å². The van der Waals surface area contributed by atoms with Crippen LogP contribution in [0.4, 0.5) is 0 Å². The van der Waals surface area contributed by atoms with Gasteiger partial charge in [-0.3, -0.25) is 0 Å². The van der Waals surface area contributed by atoms with Gasteiger partial charge in [0, 0.05) is 5.56 Å². The first kappa shape index (κ1) is 17.8. The smallest absolute Gasteiger partial charge is 0.241 e. The second kappa shape index (κ2) is 6.97. The normalized spacial score (nSPS) is 22.6. The summed E-state index contributed by atoms with van der Waals surface area (Å²) in [5.41, 5.74) is 2.37. The third kappa shape index (κ3) is 2.93. The maximum absolute atomic E-state index is 13.2. The number of sulfonamides is 1. The molecule has 0 spiro atoms. The van der Waals surface area contributed by atoms with Crippen LogP contribution >= 0.6 is 0 Å². The SMILES string of the molecule is O=S(=O)(N[C@H]1c2cccc3cccc(c23)[C@@H]1[NH+]1CC[NH2+]CC1)c1ccccc1. The Hall–Kier alpha value is -2.25. The van der Waals surface area contributed by atoms with Crippen LogP contribution in [-0.4, -0.2) is 34.6 Å². The third-order valence-corrected chi connectivity index (χ3v) is 7.54. The predicted molar refractivity (Wildman–Crippen MR) is 109 cm³/mol. The van der Waals surface area contributed by atoms with E-state index in [1.165, 1.54) is 21.2 Å². The van der Waals surface area contributed by atoms with Gasteiger partial charge in [0.05, 0.1) is 4.90 Å². The first-order valence-corrected chi connectivity index (χ1v) is 11.4. The molecule has 0 unspecified atom stereocenters. The molecule has 144 valence electrons. The van der Waals surface area contributed by atoms with Gasteiger partial charge in [-0.2, -0.15) is 4.72 Å². The van der Waals surface area contributed by atoms with Gasteiger partial charge in [-0.25, -0.2) is 8.42 Å². The Bertz CT molecular complexity index is 1100. The molecule has 1 fully saturated rings. The van der Waals surface area contributed by atoms with Gasteiger partial charge in [0.15, 0.2) is 0 Å². The molecule has 6 heteroatoms. The van der Waals surface area contributed by atoms with Crippen LogP contribution in [0.5, 0.6) is 0 Å². The average Bonchev–Trinajstić information content (AvgIpc) is 3.04. The summed E-state index contributed by atoms with van der Waals surface area (Å²) < 4.78 is 29.4. The summed E-state index contributed by atoms with van der Waals surface area (Å²) >= 11 is 0. The van der Waals surface area contributed by atoms with E-state index < -0.39 is 10.0 Å². The van der Waals surface area contributed by atoms with Crippen molar-refractivity contribution in [1.82, 2.24) is 4.72 Å². The molecule has 0 saturated carbocycles. The Kier molecular flexibility index (Phi) is 4.44. The van der Waals surface area contributed by atoms with E-state index in [-0.39, 0.29) is 12.1 Å². The van der Waals surface area contributed by atoms with Crippen molar-refractivity contribution >= 4 is 20.8 Å². The van der Waals surface area contributed by atoms with E-state index in [1.54, 1.807) is 24.3 Å². The first-order chi connectivity index (χ1) is 13.6. The minimum atomic E-state index is -3.60. The number of nitrogens with one attached hydrogen (secondary N) is 2. The molecule has 3 aromatic carbocycles. The highest BCUT2D eigenvalue weighted by atomic mass is 32.2. The Balaban J connectivity index is 1.61. The molecule has 1 saturated heterocycles. The molecule has 1 aliphatic heterocycles. The molecule has 1 aliphatic carbocycles. The molecule has 5 nitrogen and oxygen atoms in total. The number of piperazine rings is 1. The van der Waals surface area contributed by atoms with E-state index in [1.807, 2.05) is 12.1 Å². The van der Waals surface area contributed by atoms with Crippen molar-refractivity contribution in [2.24, 2.45) is 0 Å². The van der Waals surface area contributed by atoms with Gasteiger partial charge in [-0.1, -0.05) is 54.6 Å². The van der Waals surface area contributed by atoms with Crippen LogP contribution in [0.15, 0.2) is 71.6 Å². The minimum Gasteiger partial charge on any atom is -0.337 e. The average molecular weight is 396 g/mol. The van der Waals surface area contributed by atoms with Gasteiger partial charge >= 0.3 is 0 Å². The number of quaternary nitrogens is 2. The molecule has 4 N–H and O–H groups in total. The van der Waals surface area contributed by atoms with Crippen LogP contribution in [0.25, 0.3) is 10.8 Å². The molecule has 2 atom stereocenters. The summed E-state index contributed by atoms with van der Waals surface area (Å²) in [6.45, 7) is 4.24. The topological polar surface area (TPSA) is 67.2 Å². The Morgan fingerprint density at radius 1 is 0.857 bits per heavy atom. The van der Waals surface area contributed by atoms with E-state index in [9.17, 15) is 8.42 Å². The van der Waals surface area contributed by atoms with Crippen LogP contribution in [0.3, 0.4) is 0 Å². The van der Waals surface area contributed by atoms with E-state index in [2.05, 4.69) is 40.4 Å². The molecule has 0 bridgehead atoms. The minimum absolute atomic E-state index is 0.105. The molecule has 0 aromatic heterocycles. The molecule has 0 amide bonds. The largest absolute Gasteiger partial charge is 0.337 e. The molecule has 28 heavy (non-hydrogen) atoms. The summed E-state index contributed by atoms with van der Waals surface area (Å²) in [5.74, 6) is 0. The fourth-order valence-corrected chi connectivity index (χ4v) is 6.10. The molecule has 0 radical (unpaired) electrons. The van der Waals surface area contributed by atoms with E-state index >= 15 is 0 Å². The molecule has 3 aromatic rings. The van der Waals surface area contributed by atoms with Crippen molar-refractivity contribution < 1.29 is 18.6 Å². The van der Waals surface area contributed by atoms with Gasteiger partial charge < -0.3 is 10.2 Å². The zero-order valence-electron chi connectivity index (χ0n) is 15.6. The maximum Gasteiger partial charge on any atom is 0.241 e. The summed E-state index contributed by atoms with van der Waals surface area (Å²) in [7, 11) is -3.60. The highest BCUT2D eigenvalue weighted by Crippen LogP contribution is 2.43. The quantitative estimate of drug-likeness (QED) is 0.598. The van der Waals surface area contributed by atoms with Crippen molar-refractivity contribution in [2.75, 3.05) is 26.2 Å². The molecular formula is C22H25N3O2S+2. The molecule has 2 aliphatic rings. The Labute approximate surface area is 165 Å². The van der Waals surface area contributed by atoms with Gasteiger partial charge in [0.1, 0.15) is 38.3 Å². The van der Waals surface area contributed by atoms with Crippen molar-refractivity contribution in [3.8, 4) is 0 Å². The number of nitrogens with two attached hydrogens (primary N) is 1. The lowest BCUT2D eigenvalue weighted by Crippen LogP contribution is -3.21. The number of benzene rings is 3. The van der Waals surface area contributed by atoms with Crippen molar-refractivity contribution in [3.63, 3.8) is 0 Å². The third-order valence-electron chi connectivity index (χ3n) is 6.09. The lowest BCUT2D eigenvalue weighted by Gasteiger charge is -2.32. The fourth-order valence-electron chi connectivity index (χ4n) is 4.85. The lowest BCUT2D eigenvalue weighted by atomic mass is 10.0. The van der Waals surface area contributed by atoms with Crippen LogP contribution in [0.1, 0.15) is 23.2 Å². The standard InChI is InChI=1S/C22H23N3O2S/c26-28(27,17-8-2-1-3-9-17)24-21-18-10-4-6-16-7-5-11-19(20(16)18)22(21)25-14-12-23-13-15-25/h1-11,21-24H,12-15H2/p+2/t21-,22-/m0/s1. The molecule has 1 heterocycles. The van der Waals surface area contributed by atoms with Gasteiger partial charge in [-0.15, -0.1) is 0 Å². The van der Waals surface area contributed by atoms with E-state index in [0.29, 0.717) is 4.90 Å². The monoisotopic (exact) mass is 395 g/mol. The zero-order chi connectivity index (χ0) is 19.1. The second-order valence-corrected chi connectivity index (χ2v) is 9.42. The second-order valence-electron chi connectivity index (χ2n) is 7.71. The summed E-state index contributed by atoms with van der Waals surface area (Å²) in [6, 6.07) is 21.2. The number of rotatable bonds is 4. The first-order valence-electron chi connectivity index (χ1n) is 9.90. The van der Waals surface area contributed by atoms with Gasteiger partial charge in [-0.05, 0) is 28.5 Å². The van der Waals surface area contributed by atoms with Crippen LogP contribution in [0.2, 0.25) is 0 Å². The van der Waals surface area contributed by atoms with Crippen LogP contribution in [-0.2, 0) is 10.0 Å². The van der Waals surface area contributed by atoms with Crippen LogP contribution in [0, 0.1) is 0 Å². The van der Waals surface area contributed by atoms with Crippen LogP contribution < -0.4 is 14.9 Å². The lowest BCUT2D eigenvalue weighted by molar-refractivity contribution is -0.973. The zero-order valence-corrected chi connectivity index (χ0v) is 16.5. The maximum atomic E-state index is 13.2. The number of hydrogen-bond acceptors (Lipinski definition) is 2. The predicted octanol–water partition coefficient (Wildman–Crippen LogP) is 0.376. The Morgan fingerprint density at radius 3 is 2.25 bits per heavy atom. The highest BCUT2D eigenvalue weighted by molar-refractivity contribution is 7.89. The van der Waals surface area contributed by atoms with Crippen molar-refractivity contribution in [3.05, 3.63) is 77.9 Å². The summed E-state index contributed by atoms with van der Waals surface area (Å²) in [5, 5.41) is 4.75. The Morgan fingerprint density at radius 2 is 1.54 bits per heavy atom. The van der Waals surface area contributed by atoms with E-state index in [0.717, 1.165) is 31.7 Å². The van der Waals surface area contributed by atoms with Crippen molar-refractivity contribution in [1.29, 1.82) is 0 Å². The fraction of sp³-hybridized carbons (Fsp3) is 0.273.